The maximum atomic E-state index is 12.8. The van der Waals surface area contributed by atoms with Gasteiger partial charge in [0.25, 0.3) is 0 Å². The van der Waals surface area contributed by atoms with Gasteiger partial charge in [0, 0.05) is 26.6 Å². The van der Waals surface area contributed by atoms with Gasteiger partial charge in [0.1, 0.15) is 11.6 Å². The highest BCUT2D eigenvalue weighted by Crippen LogP contribution is 2.21. The fourth-order valence-corrected chi connectivity index (χ4v) is 3.32. The first-order valence-electron chi connectivity index (χ1n) is 9.50. The zero-order valence-corrected chi connectivity index (χ0v) is 15.9. The summed E-state index contributed by atoms with van der Waals surface area (Å²) in [5.41, 5.74) is 0. The second-order valence-electron chi connectivity index (χ2n) is 7.15. The van der Waals surface area contributed by atoms with E-state index in [9.17, 15) is 14.0 Å². The Hall–Kier alpha value is -2.15. The monoisotopic (exact) mass is 380 g/mol. The van der Waals surface area contributed by atoms with Crippen molar-refractivity contribution in [1.82, 2.24) is 9.80 Å². The first-order valence-corrected chi connectivity index (χ1v) is 9.50. The molecule has 0 bridgehead atoms. The Balaban J connectivity index is 1.64. The number of carboxylic acid groups (broad SMARTS) is 1. The lowest BCUT2D eigenvalue weighted by molar-refractivity contribution is -0.137. The summed E-state index contributed by atoms with van der Waals surface area (Å²) >= 11 is 0. The van der Waals surface area contributed by atoms with Crippen molar-refractivity contribution < 1.29 is 23.8 Å². The first-order chi connectivity index (χ1) is 12.9. The molecule has 0 spiro atoms. The van der Waals surface area contributed by atoms with E-state index in [0.29, 0.717) is 44.2 Å². The SMILES string of the molecule is CN(CCCOc1ccc(F)cc1)C(=O)CN1CCCC(CCC(=O)O)C1. The number of hydrogen-bond donors (Lipinski definition) is 1. The number of likely N-dealkylation sites (tertiary alicyclic amines) is 1. The highest BCUT2D eigenvalue weighted by atomic mass is 19.1. The fraction of sp³-hybridized carbons (Fsp3) is 0.600. The third kappa shape index (κ3) is 7.95. The Kier molecular flexibility index (Phi) is 8.51. The van der Waals surface area contributed by atoms with Crippen LogP contribution in [0.2, 0.25) is 0 Å². The van der Waals surface area contributed by atoms with Gasteiger partial charge in [-0.3, -0.25) is 14.5 Å². The topological polar surface area (TPSA) is 70.1 Å². The summed E-state index contributed by atoms with van der Waals surface area (Å²) in [6.45, 7) is 3.11. The molecular weight excluding hydrogens is 351 g/mol. The minimum Gasteiger partial charge on any atom is -0.494 e. The smallest absolute Gasteiger partial charge is 0.303 e. The van der Waals surface area contributed by atoms with E-state index in [1.807, 2.05) is 0 Å². The Morgan fingerprint density at radius 1 is 1.33 bits per heavy atom. The van der Waals surface area contributed by atoms with E-state index in [1.54, 1.807) is 24.1 Å². The van der Waals surface area contributed by atoms with Crippen molar-refractivity contribution in [2.75, 3.05) is 39.8 Å². The molecule has 150 valence electrons. The van der Waals surface area contributed by atoms with E-state index in [4.69, 9.17) is 9.84 Å². The first kappa shape index (κ1) is 21.2. The van der Waals surface area contributed by atoms with Crippen LogP contribution in [0.5, 0.6) is 5.75 Å². The minimum atomic E-state index is -0.759. The normalized spacial score (nSPS) is 17.5. The second-order valence-corrected chi connectivity index (χ2v) is 7.15. The van der Waals surface area contributed by atoms with E-state index in [2.05, 4.69) is 4.90 Å². The predicted molar refractivity (Wildman–Crippen MR) is 100 cm³/mol. The molecule has 1 amide bonds. The van der Waals surface area contributed by atoms with Crippen LogP contribution in [0.1, 0.15) is 32.1 Å². The molecule has 1 unspecified atom stereocenters. The van der Waals surface area contributed by atoms with Gasteiger partial charge in [-0.05, 0) is 62.4 Å². The Bertz CT molecular complexity index is 609. The molecule has 2 rings (SSSR count). The summed E-state index contributed by atoms with van der Waals surface area (Å²) in [6, 6.07) is 5.88. The summed E-state index contributed by atoms with van der Waals surface area (Å²) in [7, 11) is 1.78. The standard InChI is InChI=1S/C20H29FN2O4/c1-22(11-3-13-27-18-8-6-17(21)7-9-18)19(24)15-23-12-2-4-16(14-23)5-10-20(25)26/h6-9,16H,2-5,10-15H2,1H3,(H,25,26). The number of piperidine rings is 1. The number of nitrogens with zero attached hydrogens (tertiary/aromatic N) is 2. The van der Waals surface area contributed by atoms with Crippen molar-refractivity contribution in [1.29, 1.82) is 0 Å². The van der Waals surface area contributed by atoms with Crippen molar-refractivity contribution in [2.45, 2.75) is 32.1 Å². The lowest BCUT2D eigenvalue weighted by Crippen LogP contribution is -2.43. The largest absolute Gasteiger partial charge is 0.494 e. The van der Waals surface area contributed by atoms with Crippen molar-refractivity contribution >= 4 is 11.9 Å². The average Bonchev–Trinajstić information content (AvgIpc) is 2.65. The number of ether oxygens (including phenoxy) is 1. The number of halogens is 1. The molecule has 1 fully saturated rings. The zero-order chi connectivity index (χ0) is 19.6. The van der Waals surface area contributed by atoms with Crippen LogP contribution in [0, 0.1) is 11.7 Å². The number of rotatable bonds is 10. The lowest BCUT2D eigenvalue weighted by atomic mass is 9.93. The zero-order valence-electron chi connectivity index (χ0n) is 15.9. The summed E-state index contributed by atoms with van der Waals surface area (Å²) in [4.78, 5) is 26.9. The van der Waals surface area contributed by atoms with Gasteiger partial charge in [0.05, 0.1) is 13.2 Å². The van der Waals surface area contributed by atoms with Gasteiger partial charge in [0.15, 0.2) is 0 Å². The molecule has 1 aliphatic heterocycles. The van der Waals surface area contributed by atoms with Gasteiger partial charge < -0.3 is 14.7 Å². The van der Waals surface area contributed by atoms with Gasteiger partial charge in [-0.25, -0.2) is 4.39 Å². The highest BCUT2D eigenvalue weighted by Gasteiger charge is 2.23. The maximum Gasteiger partial charge on any atom is 0.303 e. The summed E-state index contributed by atoms with van der Waals surface area (Å²) in [5.74, 6) is -0.0137. The number of hydrogen-bond acceptors (Lipinski definition) is 4. The van der Waals surface area contributed by atoms with E-state index >= 15 is 0 Å². The van der Waals surface area contributed by atoms with Crippen LogP contribution in [0.4, 0.5) is 4.39 Å². The highest BCUT2D eigenvalue weighted by molar-refractivity contribution is 5.78. The number of benzene rings is 1. The molecule has 1 aromatic carbocycles. The summed E-state index contributed by atoms with van der Waals surface area (Å²) in [6.07, 6.45) is 3.61. The molecule has 6 nitrogen and oxygen atoms in total. The van der Waals surface area contributed by atoms with Crippen molar-refractivity contribution in [3.8, 4) is 5.75 Å². The van der Waals surface area contributed by atoms with E-state index < -0.39 is 5.97 Å². The van der Waals surface area contributed by atoms with E-state index in [-0.39, 0.29) is 18.1 Å². The lowest BCUT2D eigenvalue weighted by Gasteiger charge is -2.33. The molecule has 1 N–H and O–H groups in total. The molecule has 1 aliphatic rings. The van der Waals surface area contributed by atoms with Gasteiger partial charge in [-0.2, -0.15) is 0 Å². The van der Waals surface area contributed by atoms with Crippen LogP contribution in [0.15, 0.2) is 24.3 Å². The van der Waals surface area contributed by atoms with Crippen molar-refractivity contribution in [3.05, 3.63) is 30.1 Å². The summed E-state index contributed by atoms with van der Waals surface area (Å²) < 4.78 is 18.4. The molecule has 0 radical (unpaired) electrons. The summed E-state index contributed by atoms with van der Waals surface area (Å²) in [5, 5.41) is 8.81. The van der Waals surface area contributed by atoms with Crippen LogP contribution >= 0.6 is 0 Å². The quantitative estimate of drug-likeness (QED) is 0.632. The predicted octanol–water partition coefficient (Wildman–Crippen LogP) is 2.63. The molecule has 1 aromatic rings. The van der Waals surface area contributed by atoms with Gasteiger partial charge in [-0.15, -0.1) is 0 Å². The van der Waals surface area contributed by atoms with E-state index in [0.717, 1.165) is 25.9 Å². The van der Waals surface area contributed by atoms with Gasteiger partial charge >= 0.3 is 5.97 Å². The van der Waals surface area contributed by atoms with Crippen LogP contribution in [-0.4, -0.2) is 66.6 Å². The van der Waals surface area contributed by atoms with Crippen LogP contribution < -0.4 is 4.74 Å². The maximum absolute atomic E-state index is 12.8. The third-order valence-electron chi connectivity index (χ3n) is 4.87. The van der Waals surface area contributed by atoms with Crippen LogP contribution in [0.3, 0.4) is 0 Å². The third-order valence-corrected chi connectivity index (χ3v) is 4.87. The Morgan fingerprint density at radius 2 is 2.07 bits per heavy atom. The number of carbonyl (C=O) groups excluding carboxylic acids is 1. The molecule has 1 atom stereocenters. The molecule has 7 heteroatoms. The molecular formula is C20H29FN2O4. The molecule has 1 saturated heterocycles. The minimum absolute atomic E-state index is 0.0654. The van der Waals surface area contributed by atoms with Crippen LogP contribution in [0.25, 0.3) is 0 Å². The molecule has 0 aromatic heterocycles. The Labute approximate surface area is 159 Å². The molecule has 0 aliphatic carbocycles. The Morgan fingerprint density at radius 3 is 2.78 bits per heavy atom. The fourth-order valence-electron chi connectivity index (χ4n) is 3.32. The molecule has 1 heterocycles. The molecule has 27 heavy (non-hydrogen) atoms. The van der Waals surface area contributed by atoms with Gasteiger partial charge in [-0.1, -0.05) is 0 Å². The van der Waals surface area contributed by atoms with Crippen LogP contribution in [-0.2, 0) is 9.59 Å². The number of likely N-dealkylation sites (N-methyl/N-ethyl adjacent to an activating group) is 1. The number of carbonyl (C=O) groups is 2. The van der Waals surface area contributed by atoms with Crippen molar-refractivity contribution in [2.24, 2.45) is 5.92 Å². The molecule has 0 saturated carbocycles. The number of amides is 1. The number of aliphatic carboxylic acids is 1. The average molecular weight is 380 g/mol. The van der Waals surface area contributed by atoms with E-state index in [1.165, 1.54) is 12.1 Å². The number of carboxylic acids is 1. The van der Waals surface area contributed by atoms with Gasteiger partial charge in [0.2, 0.25) is 5.91 Å². The van der Waals surface area contributed by atoms with Crippen molar-refractivity contribution in [3.63, 3.8) is 0 Å². The second kappa shape index (κ2) is 10.9.